The summed E-state index contributed by atoms with van der Waals surface area (Å²) in [5, 5.41) is 6.17. The van der Waals surface area contributed by atoms with Crippen LogP contribution >= 0.6 is 24.8 Å². The lowest BCUT2D eigenvalue weighted by atomic mass is 10.1. The Hall–Kier alpha value is -1.60. The van der Waals surface area contributed by atoms with Crippen molar-refractivity contribution in [3.05, 3.63) is 36.2 Å². The van der Waals surface area contributed by atoms with E-state index in [4.69, 9.17) is 4.74 Å². The zero-order chi connectivity index (χ0) is 17.2. The number of hydrogen-bond donors (Lipinski definition) is 2. The van der Waals surface area contributed by atoms with Crippen molar-refractivity contribution in [1.29, 1.82) is 0 Å². The van der Waals surface area contributed by atoms with Crippen molar-refractivity contribution in [1.82, 2.24) is 14.9 Å². The van der Waals surface area contributed by atoms with Gasteiger partial charge in [-0.15, -0.1) is 24.8 Å². The third kappa shape index (κ3) is 4.63. The Bertz CT molecular complexity index is 764. The van der Waals surface area contributed by atoms with Crippen LogP contribution in [-0.2, 0) is 22.5 Å². The number of anilines is 1. The summed E-state index contributed by atoms with van der Waals surface area (Å²) < 4.78 is 7.84. The number of benzene rings is 1. The Morgan fingerprint density at radius 3 is 2.78 bits per heavy atom. The molecule has 148 valence electrons. The van der Waals surface area contributed by atoms with Gasteiger partial charge in [-0.25, -0.2) is 4.98 Å². The van der Waals surface area contributed by atoms with Gasteiger partial charge in [0.15, 0.2) is 0 Å². The van der Waals surface area contributed by atoms with Crippen LogP contribution in [0.5, 0.6) is 0 Å². The quantitative estimate of drug-likeness (QED) is 0.812. The minimum atomic E-state index is -0.312. The van der Waals surface area contributed by atoms with Gasteiger partial charge < -0.3 is 19.9 Å². The molecule has 1 fully saturated rings. The van der Waals surface area contributed by atoms with Gasteiger partial charge >= 0.3 is 0 Å². The Morgan fingerprint density at radius 1 is 1.26 bits per heavy atom. The minimum absolute atomic E-state index is 0. The van der Waals surface area contributed by atoms with Gasteiger partial charge in [-0.2, -0.15) is 0 Å². The van der Waals surface area contributed by atoms with Gasteiger partial charge in [0.25, 0.3) is 0 Å². The molecule has 2 N–H and O–H groups in total. The predicted octanol–water partition coefficient (Wildman–Crippen LogP) is 3.05. The molecule has 1 saturated heterocycles. The van der Waals surface area contributed by atoms with E-state index in [1.165, 1.54) is 18.5 Å². The fourth-order valence-electron chi connectivity index (χ4n) is 3.62. The van der Waals surface area contributed by atoms with Gasteiger partial charge in [0, 0.05) is 36.2 Å². The number of aryl methyl sites for hydroxylation is 1. The topological polar surface area (TPSA) is 68.2 Å². The van der Waals surface area contributed by atoms with Crippen LogP contribution in [0.25, 0.3) is 11.4 Å². The molecule has 2 aliphatic heterocycles. The number of carbonyl (C=O) groups excluding carboxylic acids is 1. The predicted molar refractivity (Wildman–Crippen MR) is 111 cm³/mol. The molecule has 1 aromatic carbocycles. The second kappa shape index (κ2) is 9.55. The maximum Gasteiger partial charge on any atom is 0.244 e. The van der Waals surface area contributed by atoms with Crippen LogP contribution in [0.1, 0.15) is 25.5 Å². The van der Waals surface area contributed by atoms with Gasteiger partial charge in [0.05, 0.1) is 12.7 Å². The first-order valence-electron chi connectivity index (χ1n) is 9.03. The highest BCUT2D eigenvalue weighted by Crippen LogP contribution is 2.25. The van der Waals surface area contributed by atoms with Crippen molar-refractivity contribution < 1.29 is 9.53 Å². The molecule has 0 saturated carbocycles. The molecule has 0 radical (unpaired) electrons. The molecule has 0 bridgehead atoms. The Balaban J connectivity index is 0.00000131. The van der Waals surface area contributed by atoms with E-state index < -0.39 is 0 Å². The molecule has 3 heterocycles. The maximum atomic E-state index is 12.4. The van der Waals surface area contributed by atoms with E-state index in [-0.39, 0.29) is 42.9 Å². The van der Waals surface area contributed by atoms with Crippen LogP contribution in [-0.4, -0.2) is 40.8 Å². The number of morpholine rings is 1. The average molecular weight is 413 g/mol. The second-order valence-corrected chi connectivity index (χ2v) is 6.76. The van der Waals surface area contributed by atoms with E-state index in [1.807, 2.05) is 37.4 Å². The molecule has 2 aliphatic rings. The van der Waals surface area contributed by atoms with Crippen molar-refractivity contribution in [3.8, 4) is 11.4 Å². The van der Waals surface area contributed by atoms with E-state index in [0.717, 1.165) is 30.0 Å². The summed E-state index contributed by atoms with van der Waals surface area (Å²) in [7, 11) is 0. The van der Waals surface area contributed by atoms with Gasteiger partial charge in [-0.1, -0.05) is 0 Å². The molecular weight excluding hydrogens is 387 g/mol. The van der Waals surface area contributed by atoms with Gasteiger partial charge in [0.2, 0.25) is 5.91 Å². The highest BCUT2D eigenvalue weighted by atomic mass is 35.5. The smallest absolute Gasteiger partial charge is 0.244 e. The number of nitrogens with one attached hydrogen (secondary N) is 2. The third-order valence-corrected chi connectivity index (χ3v) is 5.01. The lowest BCUT2D eigenvalue weighted by molar-refractivity contribution is -0.123. The maximum absolute atomic E-state index is 12.4. The van der Waals surface area contributed by atoms with Crippen LogP contribution in [0, 0.1) is 0 Å². The second-order valence-electron chi connectivity index (χ2n) is 6.76. The first kappa shape index (κ1) is 21.7. The Morgan fingerprint density at radius 2 is 2.04 bits per heavy atom. The number of hydrogen-bond acceptors (Lipinski definition) is 4. The number of ether oxygens (including phenoxy) is 1. The number of fused-ring (bicyclic) bond motifs is 1. The largest absolute Gasteiger partial charge is 0.375 e. The SMILES string of the molecule is C[C@H]1OCCN[C@@H]1C(=O)Nc1ccc(-c2ncc3n2CCCC3)cc1.Cl.Cl. The number of carbonyl (C=O) groups is 1. The molecule has 27 heavy (non-hydrogen) atoms. The fraction of sp³-hybridized carbons (Fsp3) is 0.474. The van der Waals surface area contributed by atoms with Crippen molar-refractivity contribution in [2.24, 2.45) is 0 Å². The summed E-state index contributed by atoms with van der Waals surface area (Å²) >= 11 is 0. The summed E-state index contributed by atoms with van der Waals surface area (Å²) in [5.41, 5.74) is 3.19. The molecule has 4 rings (SSSR count). The fourth-order valence-corrected chi connectivity index (χ4v) is 3.62. The summed E-state index contributed by atoms with van der Waals surface area (Å²) in [6, 6.07) is 7.60. The third-order valence-electron chi connectivity index (χ3n) is 5.01. The van der Waals surface area contributed by atoms with Gasteiger partial charge in [-0.3, -0.25) is 4.79 Å². The van der Waals surface area contributed by atoms with Crippen molar-refractivity contribution in [3.63, 3.8) is 0 Å². The zero-order valence-electron chi connectivity index (χ0n) is 15.3. The molecule has 2 aromatic rings. The van der Waals surface area contributed by atoms with E-state index in [0.29, 0.717) is 13.2 Å². The zero-order valence-corrected chi connectivity index (χ0v) is 16.9. The molecule has 0 aliphatic carbocycles. The number of rotatable bonds is 3. The van der Waals surface area contributed by atoms with Crippen LogP contribution in [0.4, 0.5) is 5.69 Å². The molecule has 6 nitrogen and oxygen atoms in total. The van der Waals surface area contributed by atoms with Crippen molar-refractivity contribution in [2.75, 3.05) is 18.5 Å². The number of nitrogens with zero attached hydrogens (tertiary/aromatic N) is 2. The lowest BCUT2D eigenvalue weighted by Gasteiger charge is -2.29. The molecular formula is C19H26Cl2N4O2. The number of imidazole rings is 1. The first-order chi connectivity index (χ1) is 12.2. The van der Waals surface area contributed by atoms with Crippen LogP contribution in [0.15, 0.2) is 30.5 Å². The molecule has 1 aromatic heterocycles. The summed E-state index contributed by atoms with van der Waals surface area (Å²) in [5.74, 6) is 0.960. The highest BCUT2D eigenvalue weighted by molar-refractivity contribution is 5.95. The number of amides is 1. The Kier molecular flexibility index (Phi) is 7.68. The van der Waals surface area contributed by atoms with Crippen LogP contribution < -0.4 is 10.6 Å². The standard InChI is InChI=1S/C19H24N4O2.2ClH/c1-13-17(20-9-11-25-13)19(24)22-15-7-5-14(6-8-15)18-21-12-16-4-2-3-10-23(16)18;;/h5-8,12-13,17,20H,2-4,9-11H2,1H3,(H,22,24);2*1H/t13-,17+;;/m1../s1. The summed E-state index contributed by atoms with van der Waals surface area (Å²) in [6.45, 7) is 4.30. The lowest BCUT2D eigenvalue weighted by Crippen LogP contribution is -2.53. The monoisotopic (exact) mass is 412 g/mol. The average Bonchev–Trinajstić information content (AvgIpc) is 3.07. The molecule has 1 amide bonds. The molecule has 2 atom stereocenters. The molecule has 8 heteroatoms. The van der Waals surface area contributed by atoms with Crippen molar-refractivity contribution >= 4 is 36.4 Å². The molecule has 0 spiro atoms. The van der Waals surface area contributed by atoms with E-state index >= 15 is 0 Å². The van der Waals surface area contributed by atoms with E-state index in [9.17, 15) is 4.79 Å². The minimum Gasteiger partial charge on any atom is -0.375 e. The van der Waals surface area contributed by atoms with Crippen LogP contribution in [0.2, 0.25) is 0 Å². The highest BCUT2D eigenvalue weighted by Gasteiger charge is 2.28. The Labute approximate surface area is 171 Å². The normalized spacial score (nSPS) is 21.4. The summed E-state index contributed by atoms with van der Waals surface area (Å²) in [4.78, 5) is 17.0. The van der Waals surface area contributed by atoms with E-state index in [1.54, 1.807) is 0 Å². The molecule has 0 unspecified atom stereocenters. The van der Waals surface area contributed by atoms with Crippen LogP contribution in [0.3, 0.4) is 0 Å². The first-order valence-corrected chi connectivity index (χ1v) is 9.03. The van der Waals surface area contributed by atoms with E-state index in [2.05, 4.69) is 20.2 Å². The number of halogens is 2. The van der Waals surface area contributed by atoms with Gasteiger partial charge in [0.1, 0.15) is 11.9 Å². The van der Waals surface area contributed by atoms with Crippen molar-refractivity contribution in [2.45, 2.75) is 44.9 Å². The van der Waals surface area contributed by atoms with Gasteiger partial charge in [-0.05, 0) is 50.5 Å². The number of aromatic nitrogens is 2. The summed E-state index contributed by atoms with van der Waals surface area (Å²) in [6.07, 6.45) is 5.42.